The van der Waals surface area contributed by atoms with Gasteiger partial charge in [-0.25, -0.2) is 0 Å². The molecule has 0 bridgehead atoms. The Labute approximate surface area is 318 Å². The van der Waals surface area contributed by atoms with Gasteiger partial charge in [0.25, 0.3) is 0 Å². The van der Waals surface area contributed by atoms with Crippen molar-refractivity contribution in [2.75, 3.05) is 6.66 Å². The molecule has 0 atom stereocenters. The van der Waals surface area contributed by atoms with Crippen molar-refractivity contribution in [2.45, 2.75) is 0 Å². The summed E-state index contributed by atoms with van der Waals surface area (Å²) < 4.78 is 2.32. The number of nitrogens with zero attached hydrogens (tertiary/aromatic N) is 2. The van der Waals surface area contributed by atoms with Gasteiger partial charge in [-0.2, -0.15) is 0 Å². The Hall–Kier alpha value is -5.99. The summed E-state index contributed by atoms with van der Waals surface area (Å²) >= 11 is 5.93. The monoisotopic (exact) mass is 726 g/mol. The van der Waals surface area contributed by atoms with Crippen LogP contribution < -0.4 is 15.9 Å². The van der Waals surface area contributed by atoms with E-state index in [9.17, 15) is 0 Å². The van der Waals surface area contributed by atoms with E-state index in [2.05, 4.69) is 199 Å². The fourth-order valence-corrected chi connectivity index (χ4v) is 13.4. The summed E-state index contributed by atoms with van der Waals surface area (Å²) in [4.78, 5) is 5.16. The van der Waals surface area contributed by atoms with Gasteiger partial charge in [0.15, 0.2) is 0 Å². The summed E-state index contributed by atoms with van der Waals surface area (Å²) in [5, 5.41) is 14.7. The second kappa shape index (κ2) is 11.5. The van der Waals surface area contributed by atoms with Crippen LogP contribution in [0.4, 0.5) is 0 Å². The number of benzene rings is 9. The molecular formula is C50H35N2PS. The van der Waals surface area contributed by atoms with Gasteiger partial charge in [-0.05, 0) is 18.2 Å². The molecule has 11 aromatic rings. The topological polar surface area (TPSA) is 17.3 Å². The first-order valence-corrected chi connectivity index (χ1v) is 22.3. The summed E-state index contributed by atoms with van der Waals surface area (Å²) in [5.74, 6) is -3.24. The van der Waals surface area contributed by atoms with E-state index in [1.165, 1.54) is 75.6 Å². The number of hydrogen-bond donors (Lipinski definition) is 1. The van der Waals surface area contributed by atoms with Crippen molar-refractivity contribution in [3.63, 3.8) is 0 Å². The maximum absolute atomic E-state index is 5.93. The third-order valence-electron chi connectivity index (χ3n) is 11.8. The van der Waals surface area contributed by atoms with Gasteiger partial charge in [-0.15, -0.1) is 0 Å². The number of fused-ring (bicyclic) bond motifs is 11. The summed E-state index contributed by atoms with van der Waals surface area (Å²) in [6, 6.07) is 68.9. The summed E-state index contributed by atoms with van der Waals surface area (Å²) in [7, 11) is 0. The van der Waals surface area contributed by atoms with Crippen molar-refractivity contribution in [1.29, 1.82) is 0 Å². The van der Waals surface area contributed by atoms with Crippen molar-refractivity contribution in [3.05, 3.63) is 188 Å². The van der Waals surface area contributed by atoms with E-state index in [-0.39, 0.29) is 0 Å². The van der Waals surface area contributed by atoms with E-state index >= 15 is 0 Å². The molecule has 2 nitrogen and oxygen atoms in total. The third-order valence-corrected chi connectivity index (χ3v) is 18.5. The van der Waals surface area contributed by atoms with Crippen molar-refractivity contribution >= 4 is 105 Å². The average molecular weight is 727 g/mol. The van der Waals surface area contributed by atoms with Crippen LogP contribution >= 0.6 is 18.1 Å². The Kier molecular flexibility index (Phi) is 6.72. The predicted octanol–water partition coefficient (Wildman–Crippen LogP) is 12.2. The van der Waals surface area contributed by atoms with Crippen LogP contribution in [0.5, 0.6) is 0 Å². The molecule has 0 aliphatic carbocycles. The average Bonchev–Trinajstić information content (AvgIpc) is 3.63. The van der Waals surface area contributed by atoms with Gasteiger partial charge in [0.2, 0.25) is 0 Å². The van der Waals surface area contributed by atoms with Crippen LogP contribution in [-0.2, 0) is 0 Å². The Morgan fingerprint density at radius 3 is 1.57 bits per heavy atom. The molecule has 0 aliphatic rings. The van der Waals surface area contributed by atoms with Gasteiger partial charge in [0.1, 0.15) is 0 Å². The van der Waals surface area contributed by atoms with E-state index in [4.69, 9.17) is 17.2 Å². The van der Waals surface area contributed by atoms with E-state index in [0.717, 1.165) is 22.1 Å². The van der Waals surface area contributed by atoms with Crippen LogP contribution in [0.25, 0.3) is 81.8 Å². The molecule has 0 fully saturated rings. The number of pyridine rings is 1. The van der Waals surface area contributed by atoms with Crippen LogP contribution in [0.2, 0.25) is 0 Å². The standard InChI is InChI=1S/C50H35N2PS/c1-53(54,41-24-20-33-10-2-4-12-35(33)29-41,42-25-21-34-11-3-5-13-36(34)30-42)43-26-22-38-28-37(18-19-39(38)31-43)40-23-27-44-45-14-6-8-16-48(45)52-49-17-9-7-15-47(49)51-50(52)46(44)32-40/h2-32,54H,1H3. The Morgan fingerprint density at radius 1 is 0.407 bits per heavy atom. The van der Waals surface area contributed by atoms with Gasteiger partial charge >= 0.3 is 277 Å². The molecule has 0 amide bonds. The van der Waals surface area contributed by atoms with Crippen LogP contribution in [-0.4, -0.2) is 16.0 Å². The quantitative estimate of drug-likeness (QED) is 0.109. The zero-order valence-corrected chi connectivity index (χ0v) is 31.5. The SMILES string of the molecule is CP(S)(c1ccc2ccccc2c1)(c1ccc2ccccc2c1)c1ccc2cc(-c3ccc4c5ccccc5n5c6ccccc6nc5c4c3)ccc2c1. The Bertz CT molecular complexity index is 3260. The number of aromatic nitrogens is 2. The van der Waals surface area contributed by atoms with Crippen LogP contribution in [0, 0.1) is 0 Å². The fourth-order valence-electron chi connectivity index (χ4n) is 8.73. The molecule has 9 aromatic carbocycles. The van der Waals surface area contributed by atoms with E-state index in [0.29, 0.717) is 0 Å². The second-order valence-electron chi connectivity index (χ2n) is 14.9. The molecule has 0 saturated heterocycles. The Balaban J connectivity index is 1.08. The first-order chi connectivity index (χ1) is 26.4. The second-order valence-corrected chi connectivity index (χ2v) is 22.4. The van der Waals surface area contributed by atoms with Crippen LogP contribution in [0.1, 0.15) is 0 Å². The summed E-state index contributed by atoms with van der Waals surface area (Å²) in [6.07, 6.45) is 0. The van der Waals surface area contributed by atoms with Crippen LogP contribution in [0.15, 0.2) is 188 Å². The third kappa shape index (κ3) is 4.56. The summed E-state index contributed by atoms with van der Waals surface area (Å²) in [5.41, 5.74) is 6.65. The normalized spacial score (nSPS) is 13.0. The van der Waals surface area contributed by atoms with Crippen molar-refractivity contribution in [3.8, 4) is 11.1 Å². The molecular weight excluding hydrogens is 692 g/mol. The van der Waals surface area contributed by atoms with Crippen molar-refractivity contribution in [1.82, 2.24) is 9.38 Å². The van der Waals surface area contributed by atoms with Crippen molar-refractivity contribution in [2.24, 2.45) is 0 Å². The zero-order valence-electron chi connectivity index (χ0n) is 29.7. The van der Waals surface area contributed by atoms with Gasteiger partial charge in [-0.3, -0.25) is 0 Å². The molecule has 0 radical (unpaired) electrons. The predicted molar refractivity (Wildman–Crippen MR) is 239 cm³/mol. The molecule has 11 rings (SSSR count). The number of hydrogen-bond acceptors (Lipinski definition) is 2. The minimum atomic E-state index is -3.24. The number of rotatable bonds is 4. The zero-order chi connectivity index (χ0) is 36.0. The van der Waals surface area contributed by atoms with E-state index < -0.39 is 5.81 Å². The number of para-hydroxylation sites is 3. The fraction of sp³-hybridized carbons (Fsp3) is 0.0200. The Morgan fingerprint density at radius 2 is 0.889 bits per heavy atom. The van der Waals surface area contributed by atoms with Gasteiger partial charge < -0.3 is 0 Å². The molecule has 0 aliphatic heterocycles. The molecule has 256 valence electrons. The molecule has 4 heteroatoms. The molecule has 0 N–H and O–H groups in total. The number of imidazole rings is 1. The summed E-state index contributed by atoms with van der Waals surface area (Å²) in [6.45, 7) is 2.40. The number of thiol groups is 1. The molecule has 0 spiro atoms. The molecule has 2 aromatic heterocycles. The molecule has 2 heterocycles. The van der Waals surface area contributed by atoms with Crippen molar-refractivity contribution < 1.29 is 0 Å². The molecule has 0 unspecified atom stereocenters. The first kappa shape index (κ1) is 31.5. The van der Waals surface area contributed by atoms with Gasteiger partial charge in [0.05, 0.1) is 0 Å². The van der Waals surface area contributed by atoms with E-state index in [1.54, 1.807) is 0 Å². The maximum atomic E-state index is 5.93. The molecule has 54 heavy (non-hydrogen) atoms. The van der Waals surface area contributed by atoms with Gasteiger partial charge in [0, 0.05) is 0 Å². The molecule has 0 saturated carbocycles. The first-order valence-electron chi connectivity index (χ1n) is 18.4. The minimum absolute atomic E-state index is 0.989. The van der Waals surface area contributed by atoms with E-state index in [1.807, 2.05) is 0 Å². The van der Waals surface area contributed by atoms with Gasteiger partial charge in [-0.1, -0.05) is 24.3 Å². The van der Waals surface area contributed by atoms with Crippen LogP contribution in [0.3, 0.4) is 0 Å².